The fourth-order valence-electron chi connectivity index (χ4n) is 2.13. The zero-order chi connectivity index (χ0) is 12.1. The number of aliphatic hydroxyl groups is 1. The van der Waals surface area contributed by atoms with Gasteiger partial charge in [0.1, 0.15) is 0 Å². The van der Waals surface area contributed by atoms with E-state index >= 15 is 0 Å². The number of hydrogen-bond donors (Lipinski definition) is 1. The highest BCUT2D eigenvalue weighted by Gasteiger charge is 2.10. The van der Waals surface area contributed by atoms with Crippen LogP contribution in [0.5, 0.6) is 0 Å². The van der Waals surface area contributed by atoms with Crippen molar-refractivity contribution in [2.75, 3.05) is 6.61 Å². The summed E-state index contributed by atoms with van der Waals surface area (Å²) in [6.45, 7) is 4.20. The second kappa shape index (κ2) is 12.8. The van der Waals surface area contributed by atoms with Crippen molar-refractivity contribution in [1.29, 1.82) is 0 Å². The molecule has 0 spiro atoms. The molecule has 0 atom stereocenters. The molecular weight excluding hydrogens is 196 g/mol. The van der Waals surface area contributed by atoms with Crippen LogP contribution >= 0.6 is 0 Å². The van der Waals surface area contributed by atoms with Crippen molar-refractivity contribution in [2.24, 2.45) is 5.92 Å². The lowest BCUT2D eigenvalue weighted by Crippen LogP contribution is -1.85. The molecule has 1 heteroatoms. The predicted octanol–water partition coefficient (Wildman–Crippen LogP) is 4.70. The molecule has 1 aliphatic rings. The van der Waals surface area contributed by atoms with Crippen LogP contribution in [0.3, 0.4) is 0 Å². The van der Waals surface area contributed by atoms with Gasteiger partial charge >= 0.3 is 0 Å². The minimum Gasteiger partial charge on any atom is -0.397 e. The van der Waals surface area contributed by atoms with E-state index in [4.69, 9.17) is 5.11 Å². The van der Waals surface area contributed by atoms with Gasteiger partial charge in [-0.1, -0.05) is 51.2 Å². The van der Waals surface area contributed by atoms with Crippen LogP contribution in [0.25, 0.3) is 0 Å². The maximum Gasteiger partial charge on any atom is 0.0402 e. The Labute approximate surface area is 102 Å². The van der Waals surface area contributed by atoms with E-state index in [1.54, 1.807) is 6.92 Å². The van der Waals surface area contributed by atoms with Crippen molar-refractivity contribution in [3.63, 3.8) is 0 Å². The summed E-state index contributed by atoms with van der Waals surface area (Å²) in [5.41, 5.74) is 0. The normalized spacial score (nSPS) is 16.4. The number of aliphatic hydroxyl groups excluding tert-OH is 1. The molecule has 1 saturated carbocycles. The molecule has 1 aliphatic carbocycles. The maximum atomic E-state index is 7.57. The van der Waals surface area contributed by atoms with Gasteiger partial charge in [-0.05, 0) is 38.5 Å². The Hall–Kier alpha value is -0.300. The van der Waals surface area contributed by atoms with Crippen LogP contribution < -0.4 is 0 Å². The molecule has 0 aromatic carbocycles. The van der Waals surface area contributed by atoms with Crippen molar-refractivity contribution in [1.82, 2.24) is 0 Å². The summed E-state index contributed by atoms with van der Waals surface area (Å²) < 4.78 is 0. The van der Waals surface area contributed by atoms with Crippen LogP contribution in [0.4, 0.5) is 0 Å². The van der Waals surface area contributed by atoms with Crippen LogP contribution in [0.2, 0.25) is 0 Å². The second-order valence-corrected chi connectivity index (χ2v) is 4.64. The molecule has 0 aliphatic heterocycles. The summed E-state index contributed by atoms with van der Waals surface area (Å²) in [5.74, 6) is 0.936. The Morgan fingerprint density at radius 2 is 1.69 bits per heavy atom. The summed E-state index contributed by atoms with van der Waals surface area (Å²) in [6, 6.07) is 0. The van der Waals surface area contributed by atoms with Gasteiger partial charge in [-0.25, -0.2) is 0 Å². The zero-order valence-corrected chi connectivity index (χ0v) is 11.3. The van der Waals surface area contributed by atoms with E-state index in [2.05, 4.69) is 19.1 Å². The van der Waals surface area contributed by atoms with Gasteiger partial charge in [0.15, 0.2) is 0 Å². The highest BCUT2D eigenvalue weighted by molar-refractivity contribution is 4.90. The van der Waals surface area contributed by atoms with Crippen LogP contribution in [0.1, 0.15) is 71.6 Å². The lowest BCUT2D eigenvalue weighted by molar-refractivity contribution is 0.318. The first-order chi connectivity index (χ1) is 7.85. The SMILES string of the molecule is CCCCCC/C=C/C1CCCC1.CCO. The Balaban J connectivity index is 0.000000673. The van der Waals surface area contributed by atoms with Crippen molar-refractivity contribution in [3.05, 3.63) is 12.2 Å². The highest BCUT2D eigenvalue weighted by atomic mass is 16.2. The Bertz CT molecular complexity index is 146. The van der Waals surface area contributed by atoms with Crippen LogP contribution in [-0.4, -0.2) is 11.7 Å². The second-order valence-electron chi connectivity index (χ2n) is 4.64. The molecule has 0 unspecified atom stereocenters. The third-order valence-corrected chi connectivity index (χ3v) is 3.03. The third kappa shape index (κ3) is 10.2. The van der Waals surface area contributed by atoms with E-state index in [0.29, 0.717) is 0 Å². The lowest BCUT2D eigenvalue weighted by atomic mass is 10.1. The van der Waals surface area contributed by atoms with Gasteiger partial charge in [0.05, 0.1) is 0 Å². The summed E-state index contributed by atoms with van der Waals surface area (Å²) in [7, 11) is 0. The van der Waals surface area contributed by atoms with Gasteiger partial charge in [0.2, 0.25) is 0 Å². The molecule has 0 aromatic heterocycles. The van der Waals surface area contributed by atoms with E-state index < -0.39 is 0 Å². The van der Waals surface area contributed by atoms with Gasteiger partial charge in [-0.2, -0.15) is 0 Å². The minimum absolute atomic E-state index is 0.250. The van der Waals surface area contributed by atoms with Gasteiger partial charge in [0, 0.05) is 6.61 Å². The van der Waals surface area contributed by atoms with Crippen molar-refractivity contribution >= 4 is 0 Å². The Morgan fingerprint density at radius 1 is 1.06 bits per heavy atom. The Morgan fingerprint density at radius 3 is 2.25 bits per heavy atom. The first kappa shape index (κ1) is 15.7. The monoisotopic (exact) mass is 226 g/mol. The number of allylic oxidation sites excluding steroid dienone is 2. The molecule has 1 rings (SSSR count). The zero-order valence-electron chi connectivity index (χ0n) is 11.3. The molecule has 1 nitrogen and oxygen atoms in total. The average Bonchev–Trinajstić information content (AvgIpc) is 2.77. The van der Waals surface area contributed by atoms with E-state index in [1.807, 2.05) is 0 Å². The van der Waals surface area contributed by atoms with Gasteiger partial charge in [-0.3, -0.25) is 0 Å². The maximum absolute atomic E-state index is 7.57. The standard InChI is InChI=1S/C13H24.C2H6O/c1-2-3-4-5-6-7-10-13-11-8-9-12-13;1-2-3/h7,10,13H,2-6,8-9,11-12H2,1H3;3H,2H2,1H3/b10-7+;. The number of rotatable bonds is 6. The fraction of sp³-hybridized carbons (Fsp3) is 0.867. The summed E-state index contributed by atoms with van der Waals surface area (Å²) in [6.07, 6.45) is 17.6. The van der Waals surface area contributed by atoms with E-state index in [0.717, 1.165) is 5.92 Å². The van der Waals surface area contributed by atoms with Crippen molar-refractivity contribution in [2.45, 2.75) is 71.6 Å². The van der Waals surface area contributed by atoms with E-state index in [9.17, 15) is 0 Å². The topological polar surface area (TPSA) is 20.2 Å². The molecule has 16 heavy (non-hydrogen) atoms. The van der Waals surface area contributed by atoms with Gasteiger partial charge < -0.3 is 5.11 Å². The third-order valence-electron chi connectivity index (χ3n) is 3.03. The first-order valence-corrected chi connectivity index (χ1v) is 7.12. The van der Waals surface area contributed by atoms with Crippen molar-refractivity contribution in [3.8, 4) is 0 Å². The Kier molecular flexibility index (Phi) is 12.5. The molecular formula is C15H30O. The quantitative estimate of drug-likeness (QED) is 0.514. The highest BCUT2D eigenvalue weighted by Crippen LogP contribution is 2.25. The first-order valence-electron chi connectivity index (χ1n) is 7.12. The summed E-state index contributed by atoms with van der Waals surface area (Å²) >= 11 is 0. The van der Waals surface area contributed by atoms with Crippen molar-refractivity contribution < 1.29 is 5.11 Å². The smallest absolute Gasteiger partial charge is 0.0402 e. The summed E-state index contributed by atoms with van der Waals surface area (Å²) in [5, 5.41) is 7.57. The van der Waals surface area contributed by atoms with Crippen LogP contribution in [0.15, 0.2) is 12.2 Å². The molecule has 0 amide bonds. The predicted molar refractivity (Wildman–Crippen MR) is 72.6 cm³/mol. The molecule has 0 bridgehead atoms. The molecule has 1 fully saturated rings. The largest absolute Gasteiger partial charge is 0.397 e. The van der Waals surface area contributed by atoms with Crippen LogP contribution in [-0.2, 0) is 0 Å². The van der Waals surface area contributed by atoms with E-state index in [-0.39, 0.29) is 6.61 Å². The molecule has 0 radical (unpaired) electrons. The lowest BCUT2D eigenvalue weighted by Gasteiger charge is -1.99. The minimum atomic E-state index is 0.250. The molecule has 0 saturated heterocycles. The van der Waals surface area contributed by atoms with Gasteiger partial charge in [-0.15, -0.1) is 0 Å². The number of hydrogen-bond acceptors (Lipinski definition) is 1. The van der Waals surface area contributed by atoms with Gasteiger partial charge in [0.25, 0.3) is 0 Å². The fourth-order valence-corrected chi connectivity index (χ4v) is 2.13. The molecule has 0 heterocycles. The van der Waals surface area contributed by atoms with E-state index in [1.165, 1.54) is 57.8 Å². The number of unbranched alkanes of at least 4 members (excludes halogenated alkanes) is 4. The van der Waals surface area contributed by atoms with Crippen LogP contribution in [0, 0.1) is 5.92 Å². The molecule has 1 N–H and O–H groups in total. The summed E-state index contributed by atoms with van der Waals surface area (Å²) in [4.78, 5) is 0. The molecule has 96 valence electrons. The average molecular weight is 226 g/mol. The molecule has 0 aromatic rings.